The second-order valence-electron chi connectivity index (χ2n) is 4.08. The van der Waals surface area contributed by atoms with Gasteiger partial charge >= 0.3 is 6.61 Å². The Hall–Kier alpha value is -2.31. The highest BCUT2D eigenvalue weighted by atomic mass is 19.3. The van der Waals surface area contributed by atoms with Gasteiger partial charge in [0.1, 0.15) is 11.4 Å². The summed E-state index contributed by atoms with van der Waals surface area (Å²) in [6.45, 7) is -0.408. The van der Waals surface area contributed by atoms with E-state index in [1.54, 1.807) is 0 Å². The summed E-state index contributed by atoms with van der Waals surface area (Å²) in [6, 6.07) is 5.66. The number of aryl methyl sites for hydroxylation is 1. The molecular weight excluding hydrogens is 268 g/mol. The van der Waals surface area contributed by atoms with Crippen molar-refractivity contribution in [1.82, 2.24) is 15.0 Å². The van der Waals surface area contributed by atoms with E-state index in [1.165, 1.54) is 35.1 Å². The van der Waals surface area contributed by atoms with E-state index in [0.29, 0.717) is 12.2 Å². The fraction of sp³-hybridized carbons (Fsp3) is 0.308. The lowest BCUT2D eigenvalue weighted by atomic mass is 10.1. The van der Waals surface area contributed by atoms with Gasteiger partial charge in [-0.1, -0.05) is 24.3 Å². The van der Waals surface area contributed by atoms with Crippen LogP contribution in [0.1, 0.15) is 29.4 Å². The van der Waals surface area contributed by atoms with Crippen LogP contribution in [-0.4, -0.2) is 27.4 Å². The van der Waals surface area contributed by atoms with E-state index in [2.05, 4.69) is 15.0 Å². The van der Waals surface area contributed by atoms with Crippen LogP contribution in [0.2, 0.25) is 0 Å². The number of nitrogens with zero attached hydrogens (tertiary/aromatic N) is 3. The van der Waals surface area contributed by atoms with E-state index in [4.69, 9.17) is 0 Å². The molecule has 0 fully saturated rings. The van der Waals surface area contributed by atoms with Gasteiger partial charge in [0.05, 0.1) is 6.20 Å². The van der Waals surface area contributed by atoms with Crippen LogP contribution < -0.4 is 4.74 Å². The number of carbonyl (C=O) groups excluding carboxylic acids is 1. The number of ketones is 1. The minimum Gasteiger partial charge on any atom is -0.435 e. The van der Waals surface area contributed by atoms with E-state index in [-0.39, 0.29) is 17.1 Å². The normalized spacial score (nSPS) is 10.8. The predicted molar refractivity (Wildman–Crippen MR) is 66.8 cm³/mol. The fourth-order valence-corrected chi connectivity index (χ4v) is 1.77. The molecule has 0 saturated heterocycles. The first-order valence-corrected chi connectivity index (χ1v) is 6.10. The number of alkyl halides is 2. The third-order valence-corrected chi connectivity index (χ3v) is 2.61. The Labute approximate surface area is 114 Å². The summed E-state index contributed by atoms with van der Waals surface area (Å²) in [7, 11) is 0. The van der Waals surface area contributed by atoms with Gasteiger partial charge in [0.15, 0.2) is 0 Å². The molecule has 0 aliphatic rings. The van der Waals surface area contributed by atoms with Crippen LogP contribution in [0, 0.1) is 0 Å². The zero-order chi connectivity index (χ0) is 14.5. The third kappa shape index (κ3) is 3.17. The van der Waals surface area contributed by atoms with Crippen LogP contribution in [0.4, 0.5) is 8.78 Å². The SMILES string of the molecule is CCCn1nncc1C(=O)c1cccc(OC(F)F)c1. The number of ether oxygens (including phenoxy) is 1. The van der Waals surface area contributed by atoms with Crippen molar-refractivity contribution in [3.63, 3.8) is 0 Å². The molecule has 2 rings (SSSR count). The molecule has 0 N–H and O–H groups in total. The first-order valence-electron chi connectivity index (χ1n) is 6.10. The number of carbonyl (C=O) groups is 1. The maximum absolute atomic E-state index is 12.3. The van der Waals surface area contributed by atoms with Gasteiger partial charge in [-0.05, 0) is 18.6 Å². The molecule has 106 valence electrons. The molecule has 0 bridgehead atoms. The minimum absolute atomic E-state index is 0.0552. The summed E-state index contributed by atoms with van der Waals surface area (Å²) in [4.78, 5) is 12.3. The summed E-state index contributed by atoms with van der Waals surface area (Å²) < 4.78 is 30.1. The molecule has 0 amide bonds. The zero-order valence-corrected chi connectivity index (χ0v) is 10.8. The zero-order valence-electron chi connectivity index (χ0n) is 10.8. The van der Waals surface area contributed by atoms with Gasteiger partial charge in [-0.15, -0.1) is 5.10 Å². The van der Waals surface area contributed by atoms with E-state index >= 15 is 0 Å². The van der Waals surface area contributed by atoms with Crippen molar-refractivity contribution < 1.29 is 18.3 Å². The molecule has 0 atom stereocenters. The molecular formula is C13H13F2N3O2. The van der Waals surface area contributed by atoms with Gasteiger partial charge < -0.3 is 4.74 Å². The number of hydrogen-bond acceptors (Lipinski definition) is 4. The molecule has 0 spiro atoms. The van der Waals surface area contributed by atoms with Crippen molar-refractivity contribution >= 4 is 5.78 Å². The van der Waals surface area contributed by atoms with Crippen molar-refractivity contribution in [3.8, 4) is 5.75 Å². The Morgan fingerprint density at radius 3 is 2.95 bits per heavy atom. The fourth-order valence-electron chi connectivity index (χ4n) is 1.77. The summed E-state index contributed by atoms with van der Waals surface area (Å²) in [6.07, 6.45) is 2.16. The van der Waals surface area contributed by atoms with E-state index in [0.717, 1.165) is 6.42 Å². The first-order chi connectivity index (χ1) is 9.61. The van der Waals surface area contributed by atoms with Crippen molar-refractivity contribution in [2.24, 2.45) is 0 Å². The predicted octanol–water partition coefficient (Wildman–Crippen LogP) is 2.52. The quantitative estimate of drug-likeness (QED) is 0.763. The summed E-state index contributed by atoms with van der Waals surface area (Å²) in [5.74, 6) is -0.386. The Morgan fingerprint density at radius 2 is 2.25 bits per heavy atom. The molecule has 5 nitrogen and oxygen atoms in total. The molecule has 1 heterocycles. The van der Waals surface area contributed by atoms with Gasteiger partial charge in [0.25, 0.3) is 0 Å². The Bertz CT molecular complexity index is 599. The minimum atomic E-state index is -2.92. The molecule has 0 aliphatic heterocycles. The van der Waals surface area contributed by atoms with E-state index in [1.807, 2.05) is 6.92 Å². The number of hydrogen-bond donors (Lipinski definition) is 0. The standard InChI is InChI=1S/C13H13F2N3O2/c1-2-6-18-11(8-16-17-18)12(19)9-4-3-5-10(7-9)20-13(14)15/h3-5,7-8,13H,2,6H2,1H3. The third-order valence-electron chi connectivity index (χ3n) is 2.61. The largest absolute Gasteiger partial charge is 0.435 e. The highest BCUT2D eigenvalue weighted by molar-refractivity contribution is 6.07. The van der Waals surface area contributed by atoms with Crippen LogP contribution >= 0.6 is 0 Å². The molecule has 1 aromatic carbocycles. The van der Waals surface area contributed by atoms with Crippen LogP contribution in [-0.2, 0) is 6.54 Å². The lowest BCUT2D eigenvalue weighted by molar-refractivity contribution is -0.0498. The topological polar surface area (TPSA) is 57.0 Å². The van der Waals surface area contributed by atoms with Gasteiger partial charge in [-0.25, -0.2) is 4.68 Å². The van der Waals surface area contributed by atoms with Crippen LogP contribution in [0.5, 0.6) is 5.75 Å². The van der Waals surface area contributed by atoms with Gasteiger partial charge in [0.2, 0.25) is 5.78 Å². The van der Waals surface area contributed by atoms with Crippen LogP contribution in [0.3, 0.4) is 0 Å². The van der Waals surface area contributed by atoms with Crippen molar-refractivity contribution in [1.29, 1.82) is 0 Å². The monoisotopic (exact) mass is 281 g/mol. The summed E-state index contributed by atoms with van der Waals surface area (Å²) in [5, 5.41) is 7.52. The number of aromatic nitrogens is 3. The molecule has 7 heteroatoms. The lowest BCUT2D eigenvalue weighted by Crippen LogP contribution is -2.12. The molecule has 0 aliphatic carbocycles. The van der Waals surface area contributed by atoms with Crippen molar-refractivity contribution in [2.75, 3.05) is 0 Å². The molecule has 1 aromatic heterocycles. The van der Waals surface area contributed by atoms with E-state index in [9.17, 15) is 13.6 Å². The van der Waals surface area contributed by atoms with Gasteiger partial charge in [-0.3, -0.25) is 4.79 Å². The van der Waals surface area contributed by atoms with Crippen LogP contribution in [0.15, 0.2) is 30.5 Å². The summed E-state index contributed by atoms with van der Waals surface area (Å²) in [5.41, 5.74) is 0.573. The second kappa shape index (κ2) is 6.23. The average molecular weight is 281 g/mol. The molecule has 2 aromatic rings. The average Bonchev–Trinajstić information content (AvgIpc) is 2.86. The molecule has 0 saturated carbocycles. The molecule has 0 radical (unpaired) electrons. The smallest absolute Gasteiger partial charge is 0.387 e. The summed E-state index contributed by atoms with van der Waals surface area (Å²) >= 11 is 0. The Morgan fingerprint density at radius 1 is 1.45 bits per heavy atom. The maximum Gasteiger partial charge on any atom is 0.387 e. The highest BCUT2D eigenvalue weighted by Gasteiger charge is 2.16. The Kier molecular flexibility index (Phi) is 4.39. The van der Waals surface area contributed by atoms with Crippen molar-refractivity contribution in [2.45, 2.75) is 26.5 Å². The van der Waals surface area contributed by atoms with Crippen LogP contribution in [0.25, 0.3) is 0 Å². The molecule has 20 heavy (non-hydrogen) atoms. The first kappa shape index (κ1) is 14.1. The number of halogens is 2. The van der Waals surface area contributed by atoms with Gasteiger partial charge in [0, 0.05) is 12.1 Å². The highest BCUT2D eigenvalue weighted by Crippen LogP contribution is 2.18. The number of benzene rings is 1. The maximum atomic E-state index is 12.3. The second-order valence-corrected chi connectivity index (χ2v) is 4.08. The van der Waals surface area contributed by atoms with Gasteiger partial charge in [-0.2, -0.15) is 8.78 Å². The lowest BCUT2D eigenvalue weighted by Gasteiger charge is -2.07. The Balaban J connectivity index is 2.26. The number of rotatable bonds is 6. The van der Waals surface area contributed by atoms with Crippen molar-refractivity contribution in [3.05, 3.63) is 41.7 Å². The van der Waals surface area contributed by atoms with E-state index < -0.39 is 6.61 Å². The molecule has 0 unspecified atom stereocenters.